The molecule has 1 atom stereocenters. The number of ether oxygens (including phenoxy) is 1. The highest BCUT2D eigenvalue weighted by molar-refractivity contribution is 5.74. The van der Waals surface area contributed by atoms with Crippen LogP contribution in [0.15, 0.2) is 23.2 Å². The van der Waals surface area contributed by atoms with Gasteiger partial charge in [0.25, 0.3) is 6.02 Å². The van der Waals surface area contributed by atoms with Gasteiger partial charge in [0.2, 0.25) is 0 Å². The smallest absolute Gasteiger partial charge is 0.283 e. The average molecular weight is 212 g/mol. The molecule has 0 unspecified atom stereocenters. The van der Waals surface area contributed by atoms with E-state index in [4.69, 9.17) is 10.5 Å². The van der Waals surface area contributed by atoms with Crippen LogP contribution in [-0.2, 0) is 10.3 Å². The van der Waals surface area contributed by atoms with Gasteiger partial charge in [0, 0.05) is 0 Å². The van der Waals surface area contributed by atoms with Gasteiger partial charge in [0.1, 0.15) is 23.8 Å². The molecule has 1 aromatic rings. The van der Waals surface area contributed by atoms with E-state index in [0.717, 1.165) is 0 Å². The predicted octanol–water partition coefficient (Wildman–Crippen LogP) is 1.52. The Hall–Kier alpha value is -1.65. The van der Waals surface area contributed by atoms with Gasteiger partial charge in [-0.3, -0.25) is 0 Å². The molecule has 2 rings (SSSR count). The monoisotopic (exact) mass is 212 g/mol. The fourth-order valence-electron chi connectivity index (χ4n) is 1.66. The lowest BCUT2D eigenvalue weighted by Gasteiger charge is -2.19. The van der Waals surface area contributed by atoms with Crippen molar-refractivity contribution in [3.05, 3.63) is 35.4 Å². The SMILES string of the molecule is C[C@@]1(c2c(F)cccc2F)COC(N)=N1. The Kier molecular flexibility index (Phi) is 2.10. The first-order valence-electron chi connectivity index (χ1n) is 4.45. The van der Waals surface area contributed by atoms with Crippen LogP contribution in [0.3, 0.4) is 0 Å². The fraction of sp³-hybridized carbons (Fsp3) is 0.300. The van der Waals surface area contributed by atoms with Gasteiger partial charge in [-0.25, -0.2) is 13.8 Å². The zero-order valence-electron chi connectivity index (χ0n) is 8.13. The van der Waals surface area contributed by atoms with Gasteiger partial charge in [0.15, 0.2) is 0 Å². The minimum atomic E-state index is -1.07. The van der Waals surface area contributed by atoms with Crippen LogP contribution in [0.1, 0.15) is 12.5 Å². The van der Waals surface area contributed by atoms with E-state index in [9.17, 15) is 8.78 Å². The molecule has 80 valence electrons. The van der Waals surface area contributed by atoms with Crippen molar-refractivity contribution in [1.29, 1.82) is 0 Å². The Balaban J connectivity index is 2.55. The third kappa shape index (κ3) is 1.54. The second-order valence-electron chi connectivity index (χ2n) is 3.61. The van der Waals surface area contributed by atoms with Crippen LogP contribution in [0.4, 0.5) is 8.78 Å². The predicted molar refractivity (Wildman–Crippen MR) is 51.3 cm³/mol. The number of halogens is 2. The molecule has 15 heavy (non-hydrogen) atoms. The topological polar surface area (TPSA) is 47.6 Å². The van der Waals surface area contributed by atoms with Crippen molar-refractivity contribution in [2.45, 2.75) is 12.5 Å². The molecule has 0 aliphatic carbocycles. The van der Waals surface area contributed by atoms with Gasteiger partial charge in [-0.2, -0.15) is 0 Å². The van der Waals surface area contributed by atoms with E-state index in [1.807, 2.05) is 0 Å². The molecule has 0 spiro atoms. The molecule has 5 heteroatoms. The largest absolute Gasteiger partial charge is 0.462 e. The quantitative estimate of drug-likeness (QED) is 0.767. The molecular weight excluding hydrogens is 202 g/mol. The van der Waals surface area contributed by atoms with Crippen LogP contribution in [0.5, 0.6) is 0 Å². The number of nitrogens with zero attached hydrogens (tertiary/aromatic N) is 1. The summed E-state index contributed by atoms with van der Waals surface area (Å²) in [5.41, 5.74) is 4.15. The van der Waals surface area contributed by atoms with Crippen molar-refractivity contribution in [1.82, 2.24) is 0 Å². The second-order valence-corrected chi connectivity index (χ2v) is 3.61. The first kappa shape index (κ1) is 9.89. The standard InChI is InChI=1S/C10H10F2N2O/c1-10(5-15-9(13)14-10)8-6(11)3-2-4-7(8)12/h2-4H,5H2,1H3,(H2,13,14)/t10-/m0/s1. The maximum absolute atomic E-state index is 13.5. The molecule has 1 aromatic carbocycles. The van der Waals surface area contributed by atoms with Crippen molar-refractivity contribution in [2.24, 2.45) is 10.7 Å². The van der Waals surface area contributed by atoms with Gasteiger partial charge < -0.3 is 10.5 Å². The van der Waals surface area contributed by atoms with Crippen LogP contribution >= 0.6 is 0 Å². The normalized spacial score (nSPS) is 24.9. The van der Waals surface area contributed by atoms with E-state index < -0.39 is 17.2 Å². The van der Waals surface area contributed by atoms with Crippen LogP contribution in [0.2, 0.25) is 0 Å². The van der Waals surface area contributed by atoms with Crippen LogP contribution in [0, 0.1) is 11.6 Å². The van der Waals surface area contributed by atoms with E-state index in [-0.39, 0.29) is 18.2 Å². The van der Waals surface area contributed by atoms with Crippen molar-refractivity contribution in [2.75, 3.05) is 6.61 Å². The van der Waals surface area contributed by atoms with Crippen molar-refractivity contribution in [3.8, 4) is 0 Å². The Labute approximate surface area is 85.6 Å². The molecule has 1 aliphatic heterocycles. The van der Waals surface area contributed by atoms with Gasteiger partial charge in [-0.05, 0) is 19.1 Å². The van der Waals surface area contributed by atoms with E-state index in [2.05, 4.69) is 4.99 Å². The Morgan fingerprint density at radius 1 is 1.40 bits per heavy atom. The first-order chi connectivity index (χ1) is 7.03. The lowest BCUT2D eigenvalue weighted by molar-refractivity contribution is 0.257. The highest BCUT2D eigenvalue weighted by Gasteiger charge is 2.37. The number of aliphatic imine (C=N–C) groups is 1. The van der Waals surface area contributed by atoms with Gasteiger partial charge >= 0.3 is 0 Å². The Bertz CT molecular complexity index is 413. The van der Waals surface area contributed by atoms with Gasteiger partial charge in [-0.1, -0.05) is 6.07 Å². The summed E-state index contributed by atoms with van der Waals surface area (Å²) in [6.07, 6.45) is 0. The van der Waals surface area contributed by atoms with Crippen LogP contribution in [0.25, 0.3) is 0 Å². The first-order valence-corrected chi connectivity index (χ1v) is 4.45. The zero-order valence-corrected chi connectivity index (χ0v) is 8.13. The molecule has 0 radical (unpaired) electrons. The molecule has 2 N–H and O–H groups in total. The molecular formula is C10H10F2N2O. The van der Waals surface area contributed by atoms with Gasteiger partial charge in [0.05, 0.1) is 5.56 Å². The van der Waals surface area contributed by atoms with E-state index >= 15 is 0 Å². The third-order valence-corrected chi connectivity index (χ3v) is 2.36. The zero-order chi connectivity index (χ0) is 11.1. The number of benzene rings is 1. The minimum Gasteiger partial charge on any atom is -0.462 e. The van der Waals surface area contributed by atoms with Gasteiger partial charge in [-0.15, -0.1) is 0 Å². The third-order valence-electron chi connectivity index (χ3n) is 2.36. The van der Waals surface area contributed by atoms with Crippen LogP contribution < -0.4 is 5.73 Å². The van der Waals surface area contributed by atoms with E-state index in [0.29, 0.717) is 0 Å². The number of nitrogens with two attached hydrogens (primary N) is 1. The van der Waals surface area contributed by atoms with Crippen molar-refractivity contribution >= 4 is 6.02 Å². The molecule has 1 aliphatic rings. The summed E-state index contributed by atoms with van der Waals surface area (Å²) < 4.78 is 31.9. The molecule has 0 bridgehead atoms. The highest BCUT2D eigenvalue weighted by atomic mass is 19.1. The molecule has 3 nitrogen and oxygen atoms in total. The molecule has 0 saturated carbocycles. The summed E-state index contributed by atoms with van der Waals surface area (Å²) in [4.78, 5) is 3.90. The lowest BCUT2D eigenvalue weighted by atomic mass is 9.93. The molecule has 1 heterocycles. The average Bonchev–Trinajstić information content (AvgIpc) is 2.46. The van der Waals surface area contributed by atoms with E-state index in [1.165, 1.54) is 18.2 Å². The number of hydrogen-bond acceptors (Lipinski definition) is 3. The summed E-state index contributed by atoms with van der Waals surface area (Å²) in [6.45, 7) is 1.63. The summed E-state index contributed by atoms with van der Waals surface area (Å²) >= 11 is 0. The summed E-state index contributed by atoms with van der Waals surface area (Å²) in [5, 5.41) is 0. The van der Waals surface area contributed by atoms with Crippen molar-refractivity contribution in [3.63, 3.8) is 0 Å². The minimum absolute atomic E-state index is 0.0415. The molecule has 0 amide bonds. The summed E-state index contributed by atoms with van der Waals surface area (Å²) in [5.74, 6) is -1.28. The maximum atomic E-state index is 13.5. The number of amidine groups is 1. The number of hydrogen-bond donors (Lipinski definition) is 1. The summed E-state index contributed by atoms with van der Waals surface area (Å²) in [6, 6.07) is 3.64. The fourth-order valence-corrected chi connectivity index (χ4v) is 1.66. The van der Waals surface area contributed by atoms with Crippen molar-refractivity contribution < 1.29 is 13.5 Å². The molecule has 0 saturated heterocycles. The molecule has 0 fully saturated rings. The Morgan fingerprint density at radius 3 is 2.47 bits per heavy atom. The summed E-state index contributed by atoms with van der Waals surface area (Å²) in [7, 11) is 0. The number of rotatable bonds is 1. The maximum Gasteiger partial charge on any atom is 0.283 e. The second kappa shape index (κ2) is 3.18. The van der Waals surface area contributed by atoms with E-state index in [1.54, 1.807) is 6.92 Å². The molecule has 0 aromatic heterocycles. The lowest BCUT2D eigenvalue weighted by Crippen LogP contribution is -2.24. The Morgan fingerprint density at radius 2 is 2.00 bits per heavy atom. The highest BCUT2D eigenvalue weighted by Crippen LogP contribution is 2.33. The van der Waals surface area contributed by atoms with Crippen LogP contribution in [-0.4, -0.2) is 12.6 Å².